The molecule has 164 valence electrons. The lowest BCUT2D eigenvalue weighted by Gasteiger charge is -2.22. The van der Waals surface area contributed by atoms with Gasteiger partial charge < -0.3 is 16.0 Å². The summed E-state index contributed by atoms with van der Waals surface area (Å²) in [5.74, 6) is -3.43. The average molecular weight is 425 g/mol. The fraction of sp³-hybridized carbons (Fsp3) is 0.409. The van der Waals surface area contributed by atoms with Gasteiger partial charge in [-0.2, -0.15) is 0 Å². The van der Waals surface area contributed by atoms with Crippen molar-refractivity contribution in [1.82, 2.24) is 10.2 Å². The van der Waals surface area contributed by atoms with Crippen LogP contribution in [0, 0.1) is 30.2 Å². The zero-order valence-corrected chi connectivity index (χ0v) is 16.9. The van der Waals surface area contributed by atoms with Crippen molar-refractivity contribution >= 4 is 5.91 Å². The predicted octanol–water partition coefficient (Wildman–Crippen LogP) is 3.32. The third-order valence-corrected chi connectivity index (χ3v) is 4.78. The van der Waals surface area contributed by atoms with Crippen LogP contribution >= 0.6 is 0 Å². The van der Waals surface area contributed by atoms with Gasteiger partial charge in [-0.25, -0.2) is 17.6 Å². The van der Waals surface area contributed by atoms with Gasteiger partial charge in [-0.05, 0) is 49.6 Å². The fourth-order valence-electron chi connectivity index (χ4n) is 3.07. The Morgan fingerprint density at radius 3 is 2.40 bits per heavy atom. The van der Waals surface area contributed by atoms with E-state index in [0.717, 1.165) is 25.6 Å². The molecule has 30 heavy (non-hydrogen) atoms. The molecule has 1 aliphatic heterocycles. The first-order valence-electron chi connectivity index (χ1n) is 9.86. The average Bonchev–Trinajstić information content (AvgIpc) is 2.98. The molecule has 0 unspecified atom stereocenters. The zero-order valence-electron chi connectivity index (χ0n) is 16.9. The largest absolute Gasteiger partial charge is 0.341 e. The number of halogens is 4. The van der Waals surface area contributed by atoms with Gasteiger partial charge in [0, 0.05) is 38.2 Å². The van der Waals surface area contributed by atoms with Gasteiger partial charge >= 0.3 is 0 Å². The van der Waals surface area contributed by atoms with Crippen molar-refractivity contribution in [2.75, 3.05) is 26.2 Å². The summed E-state index contributed by atoms with van der Waals surface area (Å²) in [6, 6.07) is 7.36. The van der Waals surface area contributed by atoms with Gasteiger partial charge in [0.05, 0.1) is 0 Å². The Morgan fingerprint density at radius 1 is 1.03 bits per heavy atom. The van der Waals surface area contributed by atoms with E-state index in [0.29, 0.717) is 24.7 Å². The van der Waals surface area contributed by atoms with Gasteiger partial charge in [0.25, 0.3) is 0 Å². The molecule has 1 atom stereocenters. The topological polar surface area (TPSA) is 58.4 Å². The molecule has 1 amide bonds. The van der Waals surface area contributed by atoms with E-state index in [-0.39, 0.29) is 30.1 Å². The van der Waals surface area contributed by atoms with Crippen LogP contribution in [0.5, 0.6) is 0 Å². The molecule has 3 rings (SSSR count). The molecule has 0 aliphatic carbocycles. The minimum Gasteiger partial charge on any atom is -0.341 e. The van der Waals surface area contributed by atoms with Gasteiger partial charge in [-0.15, -0.1) is 0 Å². The second-order valence-corrected chi connectivity index (χ2v) is 7.26. The van der Waals surface area contributed by atoms with Crippen LogP contribution in [0.2, 0.25) is 0 Å². The standard InChI is InChI=1S/C15H20F3N3O.C7H7F/c16-12-9-14(18)13(17)7-10(12)6-11(19)8-15(22)21-4-1-2-20-3-5-21;1-6-4-2-3-5-7(6)8/h7,9,11,20H,1-6,8,19H2;2-5H,1H3/t11-;/m1./s1. The molecule has 0 saturated carbocycles. The number of carbonyl (C=O) groups excluding carboxylic acids is 1. The maximum atomic E-state index is 13.6. The molecular weight excluding hydrogens is 398 g/mol. The Labute approximate surface area is 174 Å². The number of benzene rings is 2. The quantitative estimate of drug-likeness (QED) is 0.584. The minimum absolute atomic E-state index is 0.0130. The molecule has 2 aromatic rings. The summed E-state index contributed by atoms with van der Waals surface area (Å²) in [7, 11) is 0. The number of aryl methyl sites for hydroxylation is 1. The molecule has 8 heteroatoms. The first-order chi connectivity index (χ1) is 14.3. The van der Waals surface area contributed by atoms with Gasteiger partial charge in [0.1, 0.15) is 11.6 Å². The monoisotopic (exact) mass is 425 g/mol. The lowest BCUT2D eigenvalue weighted by molar-refractivity contribution is -0.131. The summed E-state index contributed by atoms with van der Waals surface area (Å²) in [6.07, 6.45) is 0.915. The summed E-state index contributed by atoms with van der Waals surface area (Å²) >= 11 is 0. The minimum atomic E-state index is -1.23. The molecule has 0 aromatic heterocycles. The van der Waals surface area contributed by atoms with Crippen LogP contribution in [0.25, 0.3) is 0 Å². The highest BCUT2D eigenvalue weighted by Gasteiger charge is 2.20. The number of rotatable bonds is 4. The van der Waals surface area contributed by atoms with E-state index < -0.39 is 23.5 Å². The molecule has 4 nitrogen and oxygen atoms in total. The Kier molecular flexibility index (Phi) is 9.26. The third-order valence-electron chi connectivity index (χ3n) is 4.78. The van der Waals surface area contributed by atoms with Gasteiger partial charge in [-0.3, -0.25) is 4.79 Å². The summed E-state index contributed by atoms with van der Waals surface area (Å²) in [6.45, 7) is 4.63. The van der Waals surface area contributed by atoms with Crippen molar-refractivity contribution in [3.05, 3.63) is 70.8 Å². The molecule has 1 heterocycles. The highest BCUT2D eigenvalue weighted by molar-refractivity contribution is 5.76. The van der Waals surface area contributed by atoms with Crippen LogP contribution in [0.1, 0.15) is 24.0 Å². The van der Waals surface area contributed by atoms with E-state index in [1.54, 1.807) is 24.0 Å². The van der Waals surface area contributed by atoms with Gasteiger partial charge in [0.15, 0.2) is 11.6 Å². The molecule has 3 N–H and O–H groups in total. The Hall–Kier alpha value is -2.45. The summed E-state index contributed by atoms with van der Waals surface area (Å²) in [5, 5.41) is 3.19. The number of carbonyl (C=O) groups is 1. The number of nitrogens with zero attached hydrogens (tertiary/aromatic N) is 1. The summed E-state index contributed by atoms with van der Waals surface area (Å²) < 4.78 is 51.9. The second-order valence-electron chi connectivity index (χ2n) is 7.26. The van der Waals surface area contributed by atoms with Crippen LogP contribution < -0.4 is 11.1 Å². The SMILES string of the molecule is Cc1ccccc1F.N[C@@H](CC(=O)N1CCCNCC1)Cc1cc(F)c(F)cc1F. The van der Waals surface area contributed by atoms with E-state index in [9.17, 15) is 22.4 Å². The molecule has 0 bridgehead atoms. The highest BCUT2D eigenvalue weighted by Crippen LogP contribution is 2.16. The molecular formula is C22H27F4N3O. The number of hydrogen-bond acceptors (Lipinski definition) is 3. The number of hydrogen-bond donors (Lipinski definition) is 2. The zero-order chi connectivity index (χ0) is 22.1. The van der Waals surface area contributed by atoms with Crippen molar-refractivity contribution in [2.45, 2.75) is 32.2 Å². The van der Waals surface area contributed by atoms with Crippen LogP contribution in [-0.2, 0) is 11.2 Å². The number of amides is 1. The van der Waals surface area contributed by atoms with E-state index in [4.69, 9.17) is 5.73 Å². The summed E-state index contributed by atoms with van der Waals surface area (Å²) in [5.41, 5.74) is 6.55. The highest BCUT2D eigenvalue weighted by atomic mass is 19.2. The molecule has 1 saturated heterocycles. The van der Waals surface area contributed by atoms with Gasteiger partial charge in [-0.1, -0.05) is 18.2 Å². The lowest BCUT2D eigenvalue weighted by atomic mass is 10.0. The molecule has 1 fully saturated rings. The van der Waals surface area contributed by atoms with Crippen LogP contribution in [0.3, 0.4) is 0 Å². The third kappa shape index (κ3) is 7.42. The van der Waals surface area contributed by atoms with Crippen molar-refractivity contribution in [2.24, 2.45) is 5.73 Å². The lowest BCUT2D eigenvalue weighted by Crippen LogP contribution is -2.38. The van der Waals surface area contributed by atoms with Crippen molar-refractivity contribution < 1.29 is 22.4 Å². The predicted molar refractivity (Wildman–Crippen MR) is 108 cm³/mol. The van der Waals surface area contributed by atoms with Crippen LogP contribution in [-0.4, -0.2) is 43.0 Å². The van der Waals surface area contributed by atoms with Crippen molar-refractivity contribution in [1.29, 1.82) is 0 Å². The van der Waals surface area contributed by atoms with Crippen LogP contribution in [0.15, 0.2) is 36.4 Å². The number of nitrogens with two attached hydrogens (primary N) is 1. The normalized spacial score (nSPS) is 15.1. The number of nitrogens with one attached hydrogen (secondary N) is 1. The van der Waals surface area contributed by atoms with E-state index >= 15 is 0 Å². The van der Waals surface area contributed by atoms with Gasteiger partial charge in [0.2, 0.25) is 5.91 Å². The van der Waals surface area contributed by atoms with E-state index in [2.05, 4.69) is 5.32 Å². The maximum Gasteiger partial charge on any atom is 0.224 e. The maximum absolute atomic E-state index is 13.6. The first kappa shape index (κ1) is 23.8. The smallest absolute Gasteiger partial charge is 0.224 e. The van der Waals surface area contributed by atoms with Crippen molar-refractivity contribution in [3.63, 3.8) is 0 Å². The Bertz CT molecular complexity index is 818. The summed E-state index contributed by atoms with van der Waals surface area (Å²) in [4.78, 5) is 13.9. The second kappa shape index (κ2) is 11.7. The van der Waals surface area contributed by atoms with Crippen LogP contribution in [0.4, 0.5) is 17.6 Å². The molecule has 2 aromatic carbocycles. The Morgan fingerprint density at radius 2 is 1.73 bits per heavy atom. The molecule has 0 radical (unpaired) electrons. The van der Waals surface area contributed by atoms with E-state index in [1.165, 1.54) is 6.07 Å². The fourth-order valence-corrected chi connectivity index (χ4v) is 3.07. The molecule has 1 aliphatic rings. The van der Waals surface area contributed by atoms with Crippen molar-refractivity contribution in [3.8, 4) is 0 Å². The Balaban J connectivity index is 0.000000335. The molecule has 0 spiro atoms. The van der Waals surface area contributed by atoms with E-state index in [1.807, 2.05) is 6.07 Å². The first-order valence-corrected chi connectivity index (χ1v) is 9.86.